The largest absolute Gasteiger partial charge is 0.348 e. The topological polar surface area (TPSA) is 67.0 Å². The molecule has 1 aromatic heterocycles. The summed E-state index contributed by atoms with van der Waals surface area (Å²) in [5.41, 5.74) is 2.38. The lowest BCUT2D eigenvalue weighted by molar-refractivity contribution is -0.136. The summed E-state index contributed by atoms with van der Waals surface area (Å²) in [5.74, 6) is -0.209. The van der Waals surface area contributed by atoms with Crippen molar-refractivity contribution in [3.8, 4) is 0 Å². The molecule has 0 aliphatic carbocycles. The Morgan fingerprint density at radius 3 is 2.85 bits per heavy atom. The van der Waals surface area contributed by atoms with E-state index in [9.17, 15) is 4.79 Å². The Balaban J connectivity index is 2.82. The summed E-state index contributed by atoms with van der Waals surface area (Å²) < 4.78 is 0. The summed E-state index contributed by atoms with van der Waals surface area (Å²) in [4.78, 5) is 22.8. The highest BCUT2D eigenvalue weighted by atomic mass is 16.6. The minimum atomic E-state index is -0.660. The van der Waals surface area contributed by atoms with Crippen LogP contribution < -0.4 is 5.48 Å². The third-order valence-corrected chi connectivity index (χ3v) is 1.93. The minimum absolute atomic E-state index is 0.209. The number of hydrogen-bond acceptors (Lipinski definition) is 3. The molecule has 1 rings (SSSR count). The van der Waals surface area contributed by atoms with Crippen molar-refractivity contribution in [3.05, 3.63) is 18.2 Å². The average molecular weight is 183 g/mol. The second-order valence-electron chi connectivity index (χ2n) is 3.23. The van der Waals surface area contributed by atoms with Crippen LogP contribution in [0.2, 0.25) is 0 Å². The van der Waals surface area contributed by atoms with E-state index in [1.807, 2.05) is 0 Å². The van der Waals surface area contributed by atoms with E-state index in [4.69, 9.17) is 0 Å². The zero-order valence-electron chi connectivity index (χ0n) is 7.92. The van der Waals surface area contributed by atoms with E-state index in [0.717, 1.165) is 5.69 Å². The lowest BCUT2D eigenvalue weighted by atomic mass is 9.89. The smallest absolute Gasteiger partial charge is 0.255 e. The van der Waals surface area contributed by atoms with E-state index in [0.29, 0.717) is 0 Å². The fourth-order valence-corrected chi connectivity index (χ4v) is 0.940. The highest BCUT2D eigenvalue weighted by Gasteiger charge is 2.31. The summed E-state index contributed by atoms with van der Waals surface area (Å²) in [6, 6.07) is 0. The van der Waals surface area contributed by atoms with E-state index in [2.05, 4.69) is 20.3 Å². The molecule has 0 aliphatic heterocycles. The third kappa shape index (κ3) is 1.86. The molecule has 0 spiro atoms. The number of aromatic nitrogens is 2. The summed E-state index contributed by atoms with van der Waals surface area (Å²) >= 11 is 0. The first-order valence-electron chi connectivity index (χ1n) is 3.91. The zero-order chi connectivity index (χ0) is 9.90. The van der Waals surface area contributed by atoms with Gasteiger partial charge in [-0.15, -0.1) is 0 Å². The van der Waals surface area contributed by atoms with Gasteiger partial charge in [0.2, 0.25) is 0 Å². The lowest BCUT2D eigenvalue weighted by Crippen LogP contribution is -2.39. The molecule has 0 saturated carbocycles. The molecule has 1 amide bonds. The van der Waals surface area contributed by atoms with Crippen LogP contribution in [0, 0.1) is 0 Å². The summed E-state index contributed by atoms with van der Waals surface area (Å²) in [6.07, 6.45) is 3.16. The van der Waals surface area contributed by atoms with Gasteiger partial charge in [0.05, 0.1) is 18.9 Å². The fraction of sp³-hybridized carbons (Fsp3) is 0.500. The van der Waals surface area contributed by atoms with Crippen LogP contribution in [0.3, 0.4) is 0 Å². The van der Waals surface area contributed by atoms with Crippen LogP contribution in [0.5, 0.6) is 0 Å². The minimum Gasteiger partial charge on any atom is -0.348 e. The first kappa shape index (κ1) is 9.73. The number of hydroxylamine groups is 1. The number of carbonyl (C=O) groups is 1. The van der Waals surface area contributed by atoms with Crippen LogP contribution >= 0.6 is 0 Å². The van der Waals surface area contributed by atoms with E-state index >= 15 is 0 Å². The van der Waals surface area contributed by atoms with Gasteiger partial charge in [-0.2, -0.15) is 0 Å². The van der Waals surface area contributed by atoms with Gasteiger partial charge in [0.1, 0.15) is 0 Å². The number of nitrogens with zero attached hydrogens (tertiary/aromatic N) is 1. The Kier molecular flexibility index (Phi) is 2.67. The van der Waals surface area contributed by atoms with Crippen LogP contribution in [0.15, 0.2) is 12.5 Å². The Morgan fingerprint density at radius 1 is 1.69 bits per heavy atom. The van der Waals surface area contributed by atoms with Crippen LogP contribution in [-0.2, 0) is 15.0 Å². The first-order chi connectivity index (χ1) is 6.09. The van der Waals surface area contributed by atoms with Gasteiger partial charge in [-0.1, -0.05) is 0 Å². The predicted octanol–water partition coefficient (Wildman–Crippen LogP) is 0.365. The van der Waals surface area contributed by atoms with Crippen molar-refractivity contribution >= 4 is 5.91 Å². The molecule has 0 fully saturated rings. The molecule has 0 bridgehead atoms. The molecular formula is C8H13N3O2. The number of aromatic amines is 1. The van der Waals surface area contributed by atoms with Crippen LogP contribution in [0.25, 0.3) is 0 Å². The van der Waals surface area contributed by atoms with Gasteiger partial charge in [-0.05, 0) is 13.8 Å². The van der Waals surface area contributed by atoms with Gasteiger partial charge >= 0.3 is 0 Å². The lowest BCUT2D eigenvalue weighted by Gasteiger charge is -2.20. The van der Waals surface area contributed by atoms with Gasteiger partial charge in [0.15, 0.2) is 0 Å². The van der Waals surface area contributed by atoms with E-state index < -0.39 is 5.41 Å². The number of rotatable bonds is 3. The standard InChI is InChI=1S/C8H13N3O2/c1-8(2,7(12)11-13-3)6-4-9-5-10-6/h4-5H,1-3H3,(H,9,10)(H,11,12). The van der Waals surface area contributed by atoms with E-state index in [1.165, 1.54) is 13.4 Å². The summed E-state index contributed by atoms with van der Waals surface area (Å²) in [7, 11) is 1.40. The van der Waals surface area contributed by atoms with Crippen LogP contribution in [0.1, 0.15) is 19.5 Å². The molecule has 72 valence electrons. The van der Waals surface area contributed by atoms with Gasteiger partial charge in [-0.25, -0.2) is 10.5 Å². The monoisotopic (exact) mass is 183 g/mol. The molecule has 1 aromatic rings. The highest BCUT2D eigenvalue weighted by Crippen LogP contribution is 2.20. The quantitative estimate of drug-likeness (QED) is 0.665. The Morgan fingerprint density at radius 2 is 2.38 bits per heavy atom. The second kappa shape index (κ2) is 3.57. The van der Waals surface area contributed by atoms with Gasteiger partial charge < -0.3 is 4.98 Å². The number of carbonyl (C=O) groups excluding carboxylic acids is 1. The SMILES string of the molecule is CONC(=O)C(C)(C)c1cnc[nH]1. The van der Waals surface area contributed by atoms with Crippen molar-refractivity contribution in [1.29, 1.82) is 0 Å². The molecule has 1 heterocycles. The zero-order valence-corrected chi connectivity index (χ0v) is 7.92. The maximum atomic E-state index is 11.5. The molecule has 0 aliphatic rings. The number of amides is 1. The molecule has 5 nitrogen and oxygen atoms in total. The van der Waals surface area contributed by atoms with Crippen molar-refractivity contribution in [1.82, 2.24) is 15.4 Å². The maximum absolute atomic E-state index is 11.5. The molecule has 0 atom stereocenters. The summed E-state index contributed by atoms with van der Waals surface area (Å²) in [6.45, 7) is 3.57. The van der Waals surface area contributed by atoms with Crippen molar-refractivity contribution in [2.45, 2.75) is 19.3 Å². The number of hydrogen-bond donors (Lipinski definition) is 2. The third-order valence-electron chi connectivity index (χ3n) is 1.93. The van der Waals surface area contributed by atoms with Gasteiger partial charge in [0.25, 0.3) is 5.91 Å². The average Bonchev–Trinajstić information content (AvgIpc) is 2.56. The molecule has 0 aromatic carbocycles. The Labute approximate surface area is 76.5 Å². The first-order valence-corrected chi connectivity index (χ1v) is 3.91. The molecule has 2 N–H and O–H groups in total. The van der Waals surface area contributed by atoms with Crippen molar-refractivity contribution in [2.75, 3.05) is 7.11 Å². The number of imidazole rings is 1. The molecule has 13 heavy (non-hydrogen) atoms. The maximum Gasteiger partial charge on any atom is 0.255 e. The van der Waals surface area contributed by atoms with E-state index in [-0.39, 0.29) is 5.91 Å². The number of nitrogens with one attached hydrogen (secondary N) is 2. The fourth-order valence-electron chi connectivity index (χ4n) is 0.940. The van der Waals surface area contributed by atoms with E-state index in [1.54, 1.807) is 20.0 Å². The summed E-state index contributed by atoms with van der Waals surface area (Å²) in [5, 5.41) is 0. The Bertz CT molecular complexity index is 280. The molecule has 5 heteroatoms. The van der Waals surface area contributed by atoms with Crippen LogP contribution in [-0.4, -0.2) is 23.0 Å². The molecular weight excluding hydrogens is 170 g/mol. The van der Waals surface area contributed by atoms with Crippen molar-refractivity contribution in [3.63, 3.8) is 0 Å². The van der Waals surface area contributed by atoms with Crippen LogP contribution in [0.4, 0.5) is 0 Å². The normalized spacial score (nSPS) is 11.3. The Hall–Kier alpha value is -1.36. The highest BCUT2D eigenvalue weighted by molar-refractivity contribution is 5.85. The predicted molar refractivity (Wildman–Crippen MR) is 46.8 cm³/mol. The molecule has 0 unspecified atom stereocenters. The van der Waals surface area contributed by atoms with Crippen molar-refractivity contribution in [2.24, 2.45) is 0 Å². The van der Waals surface area contributed by atoms with Gasteiger partial charge in [-0.3, -0.25) is 9.63 Å². The second-order valence-corrected chi connectivity index (χ2v) is 3.23. The van der Waals surface area contributed by atoms with Gasteiger partial charge in [0, 0.05) is 11.9 Å². The molecule has 0 radical (unpaired) electrons. The van der Waals surface area contributed by atoms with Crippen molar-refractivity contribution < 1.29 is 9.63 Å². The number of H-pyrrole nitrogens is 1. The molecule has 0 saturated heterocycles.